The van der Waals surface area contributed by atoms with E-state index in [1.54, 1.807) is 50.8 Å². The number of hydrogen-bond donors (Lipinski definition) is 3. The van der Waals surface area contributed by atoms with Gasteiger partial charge in [-0.05, 0) is 74.8 Å². The normalized spacial score (nSPS) is 18.3. The van der Waals surface area contributed by atoms with Crippen molar-refractivity contribution in [1.82, 2.24) is 15.5 Å². The number of carbonyl (C=O) groups is 3. The molecule has 4 unspecified atom stereocenters. The molecule has 38 heavy (non-hydrogen) atoms. The van der Waals surface area contributed by atoms with Gasteiger partial charge in [0.15, 0.2) is 0 Å². The molecule has 1 aliphatic rings. The Labute approximate surface area is 225 Å². The fraction of sp³-hybridized carbons (Fsp3) is 0.500. The Morgan fingerprint density at radius 2 is 1.74 bits per heavy atom. The van der Waals surface area contributed by atoms with E-state index in [0.717, 1.165) is 12.0 Å². The van der Waals surface area contributed by atoms with Gasteiger partial charge in [-0.25, -0.2) is 4.79 Å². The molecule has 0 radical (unpaired) electrons. The van der Waals surface area contributed by atoms with Crippen LogP contribution in [0.5, 0.6) is 5.75 Å². The number of amides is 3. The van der Waals surface area contributed by atoms with E-state index in [2.05, 4.69) is 10.6 Å². The minimum atomic E-state index is -0.942. The zero-order chi connectivity index (χ0) is 28.2. The standard InChI is InChI=1S/C30H41N3O5/c1-18(2)25(32-29(37)38-30(5,6)7)28(36)33(23-16-19(23)3)26(22-13-14-24(34)20(4)15-22)27(35)31-17-21-11-9-8-10-12-21/h8-15,18-19,23,25-26,34H,16-17H2,1-7H3,(H,31,35)(H,32,37). The predicted octanol–water partition coefficient (Wildman–Crippen LogP) is 4.84. The van der Waals surface area contributed by atoms with Gasteiger partial charge in [0.1, 0.15) is 23.4 Å². The molecule has 1 saturated carbocycles. The molecule has 0 spiro atoms. The van der Waals surface area contributed by atoms with Crippen molar-refractivity contribution in [3.05, 3.63) is 65.2 Å². The van der Waals surface area contributed by atoms with Gasteiger partial charge >= 0.3 is 6.09 Å². The van der Waals surface area contributed by atoms with Crippen molar-refractivity contribution >= 4 is 17.9 Å². The summed E-state index contributed by atoms with van der Waals surface area (Å²) in [6.07, 6.45) is 0.0709. The Hall–Kier alpha value is -3.55. The first-order valence-electron chi connectivity index (χ1n) is 13.2. The number of aromatic hydroxyl groups is 1. The Balaban J connectivity index is 1.98. The lowest BCUT2D eigenvalue weighted by atomic mass is 9.97. The molecule has 3 N–H and O–H groups in total. The smallest absolute Gasteiger partial charge is 0.408 e. The number of nitrogens with zero attached hydrogens (tertiary/aromatic N) is 1. The number of alkyl carbamates (subject to hydrolysis) is 1. The van der Waals surface area contributed by atoms with E-state index >= 15 is 0 Å². The number of rotatable bonds is 9. The number of phenols is 1. The van der Waals surface area contributed by atoms with E-state index in [0.29, 0.717) is 17.7 Å². The van der Waals surface area contributed by atoms with E-state index in [-0.39, 0.29) is 35.4 Å². The third-order valence-corrected chi connectivity index (χ3v) is 6.66. The van der Waals surface area contributed by atoms with Crippen molar-refractivity contribution in [2.75, 3.05) is 0 Å². The quantitative estimate of drug-likeness (QED) is 0.436. The zero-order valence-corrected chi connectivity index (χ0v) is 23.4. The van der Waals surface area contributed by atoms with Crippen LogP contribution in [-0.2, 0) is 20.9 Å². The molecule has 0 saturated heterocycles. The number of nitrogens with one attached hydrogen (secondary N) is 2. The highest BCUT2D eigenvalue weighted by Crippen LogP contribution is 2.41. The molecule has 1 fully saturated rings. The summed E-state index contributed by atoms with van der Waals surface area (Å²) in [6.45, 7) is 13.1. The SMILES string of the molecule is Cc1cc(C(C(=O)NCc2ccccc2)N(C(=O)C(NC(=O)OC(C)(C)C)C(C)C)C2CC2C)ccc1O. The van der Waals surface area contributed by atoms with Gasteiger partial charge in [-0.2, -0.15) is 0 Å². The number of benzene rings is 2. The highest BCUT2D eigenvalue weighted by atomic mass is 16.6. The van der Waals surface area contributed by atoms with Crippen molar-refractivity contribution < 1.29 is 24.2 Å². The molecule has 206 valence electrons. The van der Waals surface area contributed by atoms with Gasteiger partial charge < -0.3 is 25.4 Å². The molecule has 3 rings (SSSR count). The zero-order valence-electron chi connectivity index (χ0n) is 23.4. The number of carbonyl (C=O) groups excluding carboxylic acids is 3. The van der Waals surface area contributed by atoms with E-state index < -0.39 is 23.8 Å². The van der Waals surface area contributed by atoms with Crippen LogP contribution in [0.3, 0.4) is 0 Å². The summed E-state index contributed by atoms with van der Waals surface area (Å²) in [4.78, 5) is 42.3. The fourth-order valence-electron chi connectivity index (χ4n) is 4.45. The van der Waals surface area contributed by atoms with E-state index in [4.69, 9.17) is 4.74 Å². The van der Waals surface area contributed by atoms with Crippen molar-refractivity contribution in [3.63, 3.8) is 0 Å². The molecule has 4 atom stereocenters. The second-order valence-electron chi connectivity index (χ2n) is 11.5. The van der Waals surface area contributed by atoms with E-state index in [9.17, 15) is 19.5 Å². The lowest BCUT2D eigenvalue weighted by Gasteiger charge is -2.36. The maximum Gasteiger partial charge on any atom is 0.408 e. The molecule has 2 aromatic rings. The van der Waals surface area contributed by atoms with Crippen molar-refractivity contribution in [1.29, 1.82) is 0 Å². The summed E-state index contributed by atoms with van der Waals surface area (Å²) in [6, 6.07) is 12.5. The molecule has 0 aliphatic heterocycles. The maximum absolute atomic E-state index is 14.2. The second-order valence-corrected chi connectivity index (χ2v) is 11.5. The highest BCUT2D eigenvalue weighted by Gasteiger charge is 2.48. The maximum atomic E-state index is 14.2. The first-order valence-corrected chi connectivity index (χ1v) is 13.2. The van der Waals surface area contributed by atoms with E-state index in [1.807, 2.05) is 51.1 Å². The summed E-state index contributed by atoms with van der Waals surface area (Å²) in [5.74, 6) is -0.601. The topological polar surface area (TPSA) is 108 Å². The van der Waals surface area contributed by atoms with Gasteiger partial charge in [0, 0.05) is 12.6 Å². The first-order chi connectivity index (χ1) is 17.8. The van der Waals surface area contributed by atoms with Crippen LogP contribution in [0.2, 0.25) is 0 Å². The van der Waals surface area contributed by atoms with Gasteiger partial charge in [-0.3, -0.25) is 9.59 Å². The van der Waals surface area contributed by atoms with Crippen LogP contribution in [-0.4, -0.2) is 45.6 Å². The molecule has 8 nitrogen and oxygen atoms in total. The molecule has 0 aromatic heterocycles. The third-order valence-electron chi connectivity index (χ3n) is 6.66. The summed E-state index contributed by atoms with van der Waals surface area (Å²) in [7, 11) is 0. The molecular formula is C30H41N3O5. The van der Waals surface area contributed by atoms with Crippen molar-refractivity contribution in [3.8, 4) is 5.75 Å². The second kappa shape index (κ2) is 11.9. The average molecular weight is 524 g/mol. The lowest BCUT2D eigenvalue weighted by Crippen LogP contribution is -2.55. The molecule has 3 amide bonds. The molecule has 8 heteroatoms. The number of ether oxygens (including phenoxy) is 1. The minimum Gasteiger partial charge on any atom is -0.508 e. The monoisotopic (exact) mass is 523 g/mol. The Morgan fingerprint density at radius 3 is 2.26 bits per heavy atom. The van der Waals surface area contributed by atoms with Crippen LogP contribution in [0, 0.1) is 18.8 Å². The summed E-state index contributed by atoms with van der Waals surface area (Å²) >= 11 is 0. The molecule has 2 aromatic carbocycles. The van der Waals surface area contributed by atoms with Crippen LogP contribution >= 0.6 is 0 Å². The Bertz CT molecular complexity index is 1140. The van der Waals surface area contributed by atoms with Crippen molar-refractivity contribution in [2.45, 2.75) is 85.2 Å². The average Bonchev–Trinajstić information content (AvgIpc) is 3.55. The van der Waals surface area contributed by atoms with Crippen LogP contribution in [0.15, 0.2) is 48.5 Å². The molecule has 0 bridgehead atoms. The molecule has 1 aliphatic carbocycles. The predicted molar refractivity (Wildman–Crippen MR) is 146 cm³/mol. The van der Waals surface area contributed by atoms with Crippen LogP contribution in [0.1, 0.15) is 70.7 Å². The van der Waals surface area contributed by atoms with Gasteiger partial charge in [-0.15, -0.1) is 0 Å². The van der Waals surface area contributed by atoms with Crippen LogP contribution in [0.25, 0.3) is 0 Å². The number of aryl methyl sites for hydroxylation is 1. The largest absolute Gasteiger partial charge is 0.508 e. The molecule has 0 heterocycles. The fourth-order valence-corrected chi connectivity index (χ4v) is 4.45. The van der Waals surface area contributed by atoms with Gasteiger partial charge in [0.2, 0.25) is 11.8 Å². The summed E-state index contributed by atoms with van der Waals surface area (Å²) in [5, 5.41) is 15.9. The van der Waals surface area contributed by atoms with Gasteiger partial charge in [0.05, 0.1) is 0 Å². The van der Waals surface area contributed by atoms with Crippen molar-refractivity contribution in [2.24, 2.45) is 11.8 Å². The lowest BCUT2D eigenvalue weighted by molar-refractivity contribution is -0.144. The first kappa shape index (κ1) is 29.0. The number of phenolic OH excluding ortho intramolecular Hbond substituents is 1. The van der Waals surface area contributed by atoms with Gasteiger partial charge in [-0.1, -0.05) is 57.2 Å². The third kappa shape index (κ3) is 7.49. The van der Waals surface area contributed by atoms with Gasteiger partial charge in [0.25, 0.3) is 0 Å². The van der Waals surface area contributed by atoms with Crippen LogP contribution < -0.4 is 10.6 Å². The Morgan fingerprint density at radius 1 is 1.11 bits per heavy atom. The van der Waals surface area contributed by atoms with Crippen LogP contribution in [0.4, 0.5) is 4.79 Å². The Kier molecular flexibility index (Phi) is 9.07. The highest BCUT2D eigenvalue weighted by molar-refractivity contribution is 5.92. The number of hydrogen-bond acceptors (Lipinski definition) is 5. The minimum absolute atomic E-state index is 0.113. The summed E-state index contributed by atoms with van der Waals surface area (Å²) < 4.78 is 5.43. The van der Waals surface area contributed by atoms with E-state index in [1.165, 1.54) is 0 Å². The molecular weight excluding hydrogens is 482 g/mol. The summed E-state index contributed by atoms with van der Waals surface area (Å²) in [5.41, 5.74) is 1.42.